The molecule has 1 aliphatic rings. The van der Waals surface area contributed by atoms with Crippen LogP contribution in [0.15, 0.2) is 152 Å². The van der Waals surface area contributed by atoms with Gasteiger partial charge in [0.2, 0.25) is 0 Å². The van der Waals surface area contributed by atoms with Gasteiger partial charge in [0.05, 0.1) is 30.5 Å². The lowest BCUT2D eigenvalue weighted by molar-refractivity contribution is -0.134. The number of aromatic amines is 1. The second-order valence-electron chi connectivity index (χ2n) is 13.5. The molecule has 8 nitrogen and oxygen atoms in total. The molecule has 270 valence electrons. The number of aliphatic hydroxyl groups excluding tert-OH is 1. The molecular formula is C46H41N3O5. The van der Waals surface area contributed by atoms with Gasteiger partial charge >= 0.3 is 0 Å². The minimum atomic E-state index is -0.916. The molecule has 54 heavy (non-hydrogen) atoms. The predicted molar refractivity (Wildman–Crippen MR) is 211 cm³/mol. The molecule has 1 unspecified atom stereocenters. The molecule has 2 N–H and O–H groups in total. The van der Waals surface area contributed by atoms with E-state index in [1.807, 2.05) is 116 Å². The summed E-state index contributed by atoms with van der Waals surface area (Å²) in [5, 5.41) is 11.9. The molecule has 8 rings (SSSR count). The molecule has 1 aliphatic heterocycles. The van der Waals surface area contributed by atoms with Crippen molar-refractivity contribution in [1.29, 1.82) is 0 Å². The summed E-state index contributed by atoms with van der Waals surface area (Å²) in [4.78, 5) is 31.9. The Bertz CT molecular complexity index is 2350. The molecule has 7 aromatic rings. The normalized spacial score (nSPS) is 14.1. The van der Waals surface area contributed by atoms with Gasteiger partial charge in [0, 0.05) is 65.5 Å². The number of H-pyrrole nitrogens is 1. The van der Waals surface area contributed by atoms with E-state index in [9.17, 15) is 14.7 Å². The highest BCUT2D eigenvalue weighted by Gasteiger charge is 2.40. The molecule has 8 heteroatoms. The minimum absolute atomic E-state index is 0.0614. The van der Waals surface area contributed by atoms with Gasteiger partial charge in [-0.15, -0.1) is 0 Å². The number of hydrogen-bond donors (Lipinski definition) is 2. The van der Waals surface area contributed by atoms with E-state index >= 15 is 0 Å². The van der Waals surface area contributed by atoms with Gasteiger partial charge in [0.15, 0.2) is 0 Å². The molecule has 0 fully saturated rings. The van der Waals surface area contributed by atoms with Crippen molar-refractivity contribution in [2.45, 2.75) is 24.7 Å². The predicted octanol–water partition coefficient (Wildman–Crippen LogP) is 7.81. The van der Waals surface area contributed by atoms with Crippen LogP contribution < -0.4 is 0 Å². The molecule has 5 aromatic carbocycles. The number of aliphatic hydroxyl groups is 1. The maximum atomic E-state index is 13.8. The largest absolute Gasteiger partial charge is 0.396 e. The van der Waals surface area contributed by atoms with Crippen molar-refractivity contribution < 1.29 is 24.2 Å². The smallest absolute Gasteiger partial charge is 0.261 e. The number of fused-ring (bicyclic) bond motifs is 2. The van der Waals surface area contributed by atoms with Crippen molar-refractivity contribution in [3.05, 3.63) is 180 Å². The van der Waals surface area contributed by atoms with Crippen LogP contribution in [0.2, 0.25) is 0 Å². The molecule has 2 aromatic heterocycles. The van der Waals surface area contributed by atoms with Crippen molar-refractivity contribution in [1.82, 2.24) is 14.5 Å². The average Bonchev–Trinajstić information content (AvgIpc) is 3.88. The number of rotatable bonds is 14. The third-order valence-electron chi connectivity index (χ3n) is 10.4. The first kappa shape index (κ1) is 35.0. The van der Waals surface area contributed by atoms with Crippen LogP contribution in [-0.4, -0.2) is 64.3 Å². The molecule has 0 radical (unpaired) electrons. The van der Waals surface area contributed by atoms with Crippen molar-refractivity contribution in [2.24, 2.45) is 0 Å². The summed E-state index contributed by atoms with van der Waals surface area (Å²) < 4.78 is 15.6. The van der Waals surface area contributed by atoms with Crippen LogP contribution >= 0.6 is 0 Å². The number of nitrogens with zero attached hydrogens (tertiary/aromatic N) is 2. The molecule has 0 saturated heterocycles. The highest BCUT2D eigenvalue weighted by atomic mass is 16.5. The Labute approximate surface area is 313 Å². The first-order valence-corrected chi connectivity index (χ1v) is 18.3. The highest BCUT2D eigenvalue weighted by Crippen LogP contribution is 2.42. The Hall–Kier alpha value is -6.06. The van der Waals surface area contributed by atoms with Gasteiger partial charge in [-0.25, -0.2) is 0 Å². The Morgan fingerprint density at radius 1 is 0.685 bits per heavy atom. The lowest BCUT2D eigenvalue weighted by atomic mass is 9.80. The number of carbonyl (C=O) groups is 2. The summed E-state index contributed by atoms with van der Waals surface area (Å²) in [7, 11) is 1.53. The number of carbonyl (C=O) groups excluding carboxylic acids is 2. The zero-order valence-corrected chi connectivity index (χ0v) is 30.0. The number of benzene rings is 5. The highest BCUT2D eigenvalue weighted by molar-refractivity contribution is 6.50. The number of imide groups is 1. The molecule has 0 bridgehead atoms. The molecule has 2 amide bonds. The number of amides is 2. The first-order valence-electron chi connectivity index (χ1n) is 18.3. The van der Waals surface area contributed by atoms with Crippen LogP contribution in [-0.2, 0) is 31.2 Å². The van der Waals surface area contributed by atoms with Gasteiger partial charge in [-0.1, -0.05) is 127 Å². The van der Waals surface area contributed by atoms with Crippen molar-refractivity contribution in [3.63, 3.8) is 0 Å². The third kappa shape index (κ3) is 6.24. The Morgan fingerprint density at radius 2 is 1.22 bits per heavy atom. The maximum absolute atomic E-state index is 13.8. The summed E-state index contributed by atoms with van der Waals surface area (Å²) in [6, 6.07) is 46.2. The summed E-state index contributed by atoms with van der Waals surface area (Å²) in [6.07, 6.45) is 3.73. The fraction of sp³-hybridized carbons (Fsp3) is 0.174. The molecule has 1 atom stereocenters. The van der Waals surface area contributed by atoms with Crippen LogP contribution in [0.4, 0.5) is 0 Å². The van der Waals surface area contributed by atoms with Crippen molar-refractivity contribution >= 4 is 44.8 Å². The van der Waals surface area contributed by atoms with Gasteiger partial charge in [0.25, 0.3) is 11.8 Å². The fourth-order valence-corrected chi connectivity index (χ4v) is 7.71. The number of likely N-dealkylation sites (N-methyl/N-ethyl adjacent to an activating group) is 1. The van der Waals surface area contributed by atoms with E-state index in [4.69, 9.17) is 9.47 Å². The molecule has 3 heterocycles. The van der Waals surface area contributed by atoms with Gasteiger partial charge < -0.3 is 24.1 Å². The lowest BCUT2D eigenvalue weighted by Gasteiger charge is -2.37. The van der Waals surface area contributed by atoms with Crippen LogP contribution in [0.3, 0.4) is 0 Å². The average molecular weight is 716 g/mol. The third-order valence-corrected chi connectivity index (χ3v) is 10.4. The monoisotopic (exact) mass is 715 g/mol. The summed E-state index contributed by atoms with van der Waals surface area (Å²) >= 11 is 0. The van der Waals surface area contributed by atoms with Crippen LogP contribution in [0.5, 0.6) is 0 Å². The zero-order valence-electron chi connectivity index (χ0n) is 30.0. The topological polar surface area (TPSA) is 96.8 Å². The van der Waals surface area contributed by atoms with Crippen LogP contribution in [0, 0.1) is 0 Å². The van der Waals surface area contributed by atoms with Crippen LogP contribution in [0.25, 0.3) is 33.0 Å². The van der Waals surface area contributed by atoms with Crippen molar-refractivity contribution in [2.75, 3.05) is 26.9 Å². The van der Waals surface area contributed by atoms with E-state index in [0.29, 0.717) is 41.8 Å². The summed E-state index contributed by atoms with van der Waals surface area (Å²) in [5.74, 6) is -0.664. The Balaban J connectivity index is 1.09. The SMILES string of the molecule is CN1C(=O)C(c2c[nH]c3ccccc23)=C(c2cn(CCOC(CCO)COC(c3ccccc3)(c3ccccc3)c3ccccc3)c3ccccc23)C1=O. The number of ether oxygens (including phenoxy) is 2. The Kier molecular flexibility index (Phi) is 9.80. The van der Waals surface area contributed by atoms with Crippen LogP contribution in [0.1, 0.15) is 34.2 Å². The van der Waals surface area contributed by atoms with E-state index in [1.54, 1.807) is 0 Å². The van der Waals surface area contributed by atoms with E-state index in [0.717, 1.165) is 38.5 Å². The molecule has 0 saturated carbocycles. The quantitative estimate of drug-likeness (QED) is 0.0885. The Morgan fingerprint density at radius 3 is 1.83 bits per heavy atom. The van der Waals surface area contributed by atoms with Gasteiger partial charge in [-0.2, -0.15) is 0 Å². The summed E-state index contributed by atoms with van der Waals surface area (Å²) in [6.45, 7) is 0.953. The maximum Gasteiger partial charge on any atom is 0.261 e. The standard InChI is InChI=1S/C46H41N3O5/c1-48-44(51)42(38-29-47-40-23-13-11-21-36(38)40)43(45(48)52)39-30-49(41-24-14-12-22-37(39)41)26-28-53-35(25-27-50)31-54-46(32-15-5-2-6-16-32,33-17-7-3-8-18-33)34-19-9-4-10-20-34/h2-24,29-30,35,47,50H,25-28,31H2,1H3. The summed E-state index contributed by atoms with van der Waals surface area (Å²) in [5.41, 5.74) is 6.03. The molecular weight excluding hydrogens is 675 g/mol. The van der Waals surface area contributed by atoms with E-state index < -0.39 is 11.7 Å². The van der Waals surface area contributed by atoms with E-state index in [1.165, 1.54) is 11.9 Å². The minimum Gasteiger partial charge on any atom is -0.396 e. The van der Waals surface area contributed by atoms with Gasteiger partial charge in [-0.3, -0.25) is 14.5 Å². The first-order chi connectivity index (χ1) is 26.5. The second-order valence-corrected chi connectivity index (χ2v) is 13.5. The number of hydrogen-bond acceptors (Lipinski definition) is 5. The fourth-order valence-electron chi connectivity index (χ4n) is 7.71. The number of nitrogens with one attached hydrogen (secondary N) is 1. The van der Waals surface area contributed by atoms with Gasteiger partial charge in [0.1, 0.15) is 5.60 Å². The van der Waals surface area contributed by atoms with Crippen molar-refractivity contribution in [3.8, 4) is 0 Å². The van der Waals surface area contributed by atoms with E-state index in [2.05, 4.69) is 45.9 Å². The number of aromatic nitrogens is 2. The number of para-hydroxylation sites is 2. The molecule has 0 aliphatic carbocycles. The zero-order chi connectivity index (χ0) is 37.1. The second kappa shape index (κ2) is 15.1. The lowest BCUT2D eigenvalue weighted by Crippen LogP contribution is -2.36. The molecule has 0 spiro atoms. The van der Waals surface area contributed by atoms with Gasteiger partial charge in [-0.05, 0) is 35.2 Å². The van der Waals surface area contributed by atoms with E-state index in [-0.39, 0.29) is 25.0 Å².